The number of fused-ring (bicyclic) bond motifs is 1. The molecule has 0 saturated carbocycles. The predicted octanol–water partition coefficient (Wildman–Crippen LogP) is 5.74. The van der Waals surface area contributed by atoms with Gasteiger partial charge in [0, 0.05) is 54.6 Å². The van der Waals surface area contributed by atoms with Crippen LogP contribution in [0.5, 0.6) is 0 Å². The third kappa shape index (κ3) is 6.66. The van der Waals surface area contributed by atoms with Crippen molar-refractivity contribution in [2.45, 2.75) is 32.8 Å². The van der Waals surface area contributed by atoms with Crippen molar-refractivity contribution < 1.29 is 9.53 Å². The summed E-state index contributed by atoms with van der Waals surface area (Å²) in [7, 11) is 0. The summed E-state index contributed by atoms with van der Waals surface area (Å²) in [5, 5.41) is 4.18. The van der Waals surface area contributed by atoms with Crippen LogP contribution in [0.2, 0.25) is 0 Å². The third-order valence-corrected chi connectivity index (χ3v) is 8.18. The van der Waals surface area contributed by atoms with Crippen LogP contribution in [0.15, 0.2) is 85.4 Å². The number of ether oxygens (including phenoxy) is 1. The van der Waals surface area contributed by atoms with Crippen LogP contribution in [0.1, 0.15) is 31.0 Å². The number of aromatic nitrogens is 4. The van der Waals surface area contributed by atoms with E-state index in [0.29, 0.717) is 0 Å². The zero-order valence-electron chi connectivity index (χ0n) is 24.8. The molecule has 1 aromatic carbocycles. The molecule has 0 radical (unpaired) electrons. The normalized spacial score (nSPS) is 18.4. The van der Waals surface area contributed by atoms with E-state index < -0.39 is 0 Å². The number of aryl methyl sites for hydroxylation is 1. The topological polar surface area (TPSA) is 96.0 Å². The molecule has 43 heavy (non-hydrogen) atoms. The minimum atomic E-state index is -0.0472. The van der Waals surface area contributed by atoms with Crippen molar-refractivity contribution in [3.8, 4) is 22.6 Å². The Morgan fingerprint density at radius 2 is 2.05 bits per heavy atom. The average Bonchev–Trinajstić information content (AvgIpc) is 3.49. The van der Waals surface area contributed by atoms with Crippen molar-refractivity contribution in [1.82, 2.24) is 30.2 Å². The third-order valence-electron chi connectivity index (χ3n) is 8.18. The van der Waals surface area contributed by atoms with Gasteiger partial charge in [0.1, 0.15) is 6.10 Å². The van der Waals surface area contributed by atoms with E-state index in [-0.39, 0.29) is 18.0 Å². The van der Waals surface area contributed by atoms with Crippen molar-refractivity contribution in [2.75, 3.05) is 32.7 Å². The van der Waals surface area contributed by atoms with Gasteiger partial charge in [0.2, 0.25) is 0 Å². The number of hydrogen-bond donors (Lipinski definition) is 2. The maximum Gasteiger partial charge on any atom is 0.310 e. The van der Waals surface area contributed by atoms with Gasteiger partial charge in [-0.1, -0.05) is 42.5 Å². The second-order valence-electron chi connectivity index (χ2n) is 11.6. The molecule has 0 spiro atoms. The summed E-state index contributed by atoms with van der Waals surface area (Å²) in [4.78, 5) is 32.2. The molecule has 4 aromatic rings. The van der Waals surface area contributed by atoms with E-state index in [1.54, 1.807) is 6.33 Å². The number of imidazole rings is 1. The number of carbonyl (C=O) groups is 1. The van der Waals surface area contributed by atoms with E-state index in [4.69, 9.17) is 9.72 Å². The second kappa shape index (κ2) is 12.9. The number of carbonyl (C=O) groups excluding carboxylic acids is 1. The van der Waals surface area contributed by atoms with Crippen LogP contribution >= 0.6 is 0 Å². The van der Waals surface area contributed by atoms with Crippen molar-refractivity contribution in [2.24, 2.45) is 5.92 Å². The number of H-pyrrole nitrogens is 1. The highest BCUT2D eigenvalue weighted by Crippen LogP contribution is 2.31. The lowest BCUT2D eigenvalue weighted by Crippen LogP contribution is -2.51. The van der Waals surface area contributed by atoms with Gasteiger partial charge < -0.3 is 15.0 Å². The molecule has 2 aliphatic rings. The van der Waals surface area contributed by atoms with E-state index >= 15 is 0 Å². The lowest BCUT2D eigenvalue weighted by atomic mass is 9.97. The van der Waals surface area contributed by atoms with E-state index in [9.17, 15) is 4.79 Å². The quantitative estimate of drug-likeness (QED) is 0.194. The van der Waals surface area contributed by atoms with Gasteiger partial charge in [0.25, 0.3) is 0 Å². The molecule has 1 unspecified atom stereocenters. The standard InChI is InChI=1S/C35H38N6O2/c1-4-25(11-10-23(2)20-41-14-6-8-27(21-41)35(42)43-30-18-36-19-30)29-16-28-15-26(12-13-31(28)37-17-29)33-34(39-22-38-33)32-9-5-7-24(3)40-32/h4-5,7,9-13,15-17,22,27,30,36H,1,6,8,14,18-21H2,2-3H3,(H,38,39)/b23-10+,25-11+. The number of pyridine rings is 2. The first-order valence-corrected chi connectivity index (χ1v) is 15.0. The molecule has 0 aliphatic carbocycles. The molecule has 2 fully saturated rings. The average molecular weight is 575 g/mol. The van der Waals surface area contributed by atoms with Crippen LogP contribution in [0.25, 0.3) is 39.1 Å². The fourth-order valence-corrected chi connectivity index (χ4v) is 5.74. The van der Waals surface area contributed by atoms with Crippen LogP contribution in [-0.2, 0) is 9.53 Å². The molecule has 2 saturated heterocycles. The number of likely N-dealkylation sites (tertiary alicyclic amines) is 1. The van der Waals surface area contributed by atoms with Crippen LogP contribution in [-0.4, -0.2) is 69.6 Å². The maximum absolute atomic E-state index is 12.6. The monoisotopic (exact) mass is 574 g/mol. The van der Waals surface area contributed by atoms with Gasteiger partial charge in [0.15, 0.2) is 0 Å². The first-order valence-electron chi connectivity index (χ1n) is 15.0. The molecule has 8 nitrogen and oxygen atoms in total. The highest BCUT2D eigenvalue weighted by molar-refractivity contribution is 5.89. The van der Waals surface area contributed by atoms with Crippen molar-refractivity contribution >= 4 is 22.4 Å². The summed E-state index contributed by atoms with van der Waals surface area (Å²) in [5.41, 5.74) is 8.71. The highest BCUT2D eigenvalue weighted by atomic mass is 16.5. The number of hydrogen-bond acceptors (Lipinski definition) is 7. The molecule has 2 N–H and O–H groups in total. The van der Waals surface area contributed by atoms with Gasteiger partial charge in [0.05, 0.1) is 34.8 Å². The number of nitrogens with one attached hydrogen (secondary N) is 2. The van der Waals surface area contributed by atoms with Gasteiger partial charge in [-0.05, 0) is 69.1 Å². The molecule has 0 amide bonds. The van der Waals surface area contributed by atoms with Crippen molar-refractivity contribution in [1.29, 1.82) is 0 Å². The van der Waals surface area contributed by atoms with Gasteiger partial charge in [-0.25, -0.2) is 4.98 Å². The minimum absolute atomic E-state index is 0.0411. The zero-order valence-corrected chi connectivity index (χ0v) is 24.8. The van der Waals surface area contributed by atoms with E-state index in [2.05, 4.69) is 69.0 Å². The molecular formula is C35H38N6O2. The molecule has 6 rings (SSSR count). The first kappa shape index (κ1) is 28.7. The summed E-state index contributed by atoms with van der Waals surface area (Å²) >= 11 is 0. The van der Waals surface area contributed by atoms with E-state index in [1.807, 2.05) is 43.5 Å². The smallest absolute Gasteiger partial charge is 0.310 e. The maximum atomic E-state index is 12.6. The molecule has 2 aliphatic heterocycles. The number of benzene rings is 1. The summed E-state index contributed by atoms with van der Waals surface area (Å²) in [6, 6.07) is 14.3. The van der Waals surface area contributed by atoms with Gasteiger partial charge in [-0.3, -0.25) is 19.7 Å². The molecular weight excluding hydrogens is 536 g/mol. The molecule has 220 valence electrons. The predicted molar refractivity (Wildman–Crippen MR) is 171 cm³/mol. The summed E-state index contributed by atoms with van der Waals surface area (Å²) in [5.74, 6) is -0.0883. The molecule has 1 atom stereocenters. The molecule has 0 bridgehead atoms. The van der Waals surface area contributed by atoms with Gasteiger partial charge >= 0.3 is 5.97 Å². The molecule has 5 heterocycles. The fourth-order valence-electron chi connectivity index (χ4n) is 5.74. The number of allylic oxidation sites excluding steroid dienone is 4. The number of piperidine rings is 1. The number of esters is 1. The van der Waals surface area contributed by atoms with Crippen LogP contribution < -0.4 is 5.32 Å². The van der Waals surface area contributed by atoms with E-state index in [0.717, 1.165) is 95.9 Å². The highest BCUT2D eigenvalue weighted by Gasteiger charge is 2.30. The Bertz CT molecular complexity index is 1700. The summed E-state index contributed by atoms with van der Waals surface area (Å²) < 4.78 is 5.63. The number of rotatable bonds is 9. The van der Waals surface area contributed by atoms with Gasteiger partial charge in [-0.2, -0.15) is 0 Å². The van der Waals surface area contributed by atoms with Crippen molar-refractivity contribution in [3.63, 3.8) is 0 Å². The lowest BCUT2D eigenvalue weighted by Gasteiger charge is -2.34. The second-order valence-corrected chi connectivity index (χ2v) is 11.6. The van der Waals surface area contributed by atoms with Gasteiger partial charge in [-0.15, -0.1) is 0 Å². The van der Waals surface area contributed by atoms with Crippen molar-refractivity contribution in [3.05, 3.63) is 96.6 Å². The number of nitrogens with zero attached hydrogens (tertiary/aromatic N) is 4. The largest absolute Gasteiger partial charge is 0.459 e. The summed E-state index contributed by atoms with van der Waals surface area (Å²) in [6.07, 6.45) is 11.7. The Hall–Kier alpha value is -4.40. The number of aromatic amines is 1. The van der Waals surface area contributed by atoms with Crippen LogP contribution in [0, 0.1) is 12.8 Å². The molecule has 8 heteroatoms. The fraction of sp³-hybridized carbons (Fsp3) is 0.314. The minimum Gasteiger partial charge on any atom is -0.459 e. The Morgan fingerprint density at radius 3 is 2.84 bits per heavy atom. The Labute approximate surface area is 252 Å². The Balaban J connectivity index is 1.17. The first-order chi connectivity index (χ1) is 21.0. The SMILES string of the molecule is C=C/C(=C\C=C(/C)CN1CCCC(C(=O)OC2CNC2)C1)c1cnc2ccc(-c3nc[nH]c3-c3cccc(C)n3)cc2c1. The summed E-state index contributed by atoms with van der Waals surface area (Å²) in [6.45, 7) is 12.3. The van der Waals surface area contributed by atoms with Crippen LogP contribution in [0.4, 0.5) is 0 Å². The Kier molecular flexibility index (Phi) is 8.58. The van der Waals surface area contributed by atoms with E-state index in [1.165, 1.54) is 5.57 Å². The zero-order chi connectivity index (χ0) is 29.8. The Morgan fingerprint density at radius 1 is 1.16 bits per heavy atom. The molecule has 3 aromatic heterocycles. The lowest BCUT2D eigenvalue weighted by molar-refractivity contribution is -0.158. The van der Waals surface area contributed by atoms with Crippen LogP contribution in [0.3, 0.4) is 0 Å².